The van der Waals surface area contributed by atoms with Gasteiger partial charge in [-0.1, -0.05) is 161 Å². The number of hydrogen-bond acceptors (Lipinski definition) is 4. The summed E-state index contributed by atoms with van der Waals surface area (Å²) in [5.41, 5.74) is 4.10. The van der Waals surface area contributed by atoms with E-state index in [0.29, 0.717) is 19.4 Å². The van der Waals surface area contributed by atoms with Crippen molar-refractivity contribution in [1.29, 1.82) is 0 Å². The number of hydrogen-bond donors (Lipinski definition) is 1. The smallest absolute Gasteiger partial charge is 0.242 e. The van der Waals surface area contributed by atoms with Crippen molar-refractivity contribution in [1.82, 2.24) is 15.2 Å². The van der Waals surface area contributed by atoms with Gasteiger partial charge in [0.1, 0.15) is 0 Å². The van der Waals surface area contributed by atoms with Gasteiger partial charge in [-0.25, -0.2) is 5.43 Å². The van der Waals surface area contributed by atoms with E-state index in [1.807, 2.05) is 0 Å². The molecule has 1 unspecified atom stereocenters. The van der Waals surface area contributed by atoms with Crippen molar-refractivity contribution >= 4 is 17.5 Å². The summed E-state index contributed by atoms with van der Waals surface area (Å²) in [6.45, 7) is 10.7. The fourth-order valence-corrected chi connectivity index (χ4v) is 7.13. The van der Waals surface area contributed by atoms with Crippen molar-refractivity contribution in [3.63, 3.8) is 0 Å². The lowest BCUT2D eigenvalue weighted by Crippen LogP contribution is -2.44. The van der Waals surface area contributed by atoms with Crippen LogP contribution in [0.3, 0.4) is 0 Å². The summed E-state index contributed by atoms with van der Waals surface area (Å²) < 4.78 is 0. The first-order chi connectivity index (χ1) is 26.4. The SMILES string of the molecule is CCCCC/C=C\CCCC(CCC/C=C\CCCCC)=NNC(=O)CC(CCCCCCCCC)N(CCCN(C)C)C(=O)CCCCCCCCC. The van der Waals surface area contributed by atoms with Crippen LogP contribution in [0.1, 0.15) is 233 Å². The van der Waals surface area contributed by atoms with E-state index in [2.05, 4.69) is 81.3 Å². The van der Waals surface area contributed by atoms with Crippen molar-refractivity contribution in [3.05, 3.63) is 24.3 Å². The summed E-state index contributed by atoms with van der Waals surface area (Å²) >= 11 is 0. The summed E-state index contributed by atoms with van der Waals surface area (Å²) in [6.07, 6.45) is 45.1. The molecule has 0 spiro atoms. The molecule has 0 saturated carbocycles. The first-order valence-corrected chi connectivity index (χ1v) is 23.5. The highest BCUT2D eigenvalue weighted by atomic mass is 16.2. The van der Waals surface area contributed by atoms with Gasteiger partial charge in [-0.05, 0) is 104 Å². The van der Waals surface area contributed by atoms with E-state index in [9.17, 15) is 9.59 Å². The Balaban J connectivity index is 5.68. The van der Waals surface area contributed by atoms with Crippen molar-refractivity contribution in [3.8, 4) is 0 Å². The third-order valence-electron chi connectivity index (χ3n) is 10.6. The average Bonchev–Trinajstić information content (AvgIpc) is 3.16. The molecule has 6 heteroatoms. The number of nitrogens with one attached hydrogen (secondary N) is 1. The van der Waals surface area contributed by atoms with Crippen LogP contribution in [0.2, 0.25) is 0 Å². The third-order valence-corrected chi connectivity index (χ3v) is 10.6. The topological polar surface area (TPSA) is 65.0 Å². The summed E-state index contributed by atoms with van der Waals surface area (Å²) in [5.74, 6) is 0.186. The maximum Gasteiger partial charge on any atom is 0.242 e. The first kappa shape index (κ1) is 52.0. The molecule has 6 nitrogen and oxygen atoms in total. The quantitative estimate of drug-likeness (QED) is 0.0293. The lowest BCUT2D eigenvalue weighted by Gasteiger charge is -2.32. The number of allylic oxidation sites excluding steroid dienone is 4. The molecule has 0 bridgehead atoms. The van der Waals surface area contributed by atoms with Gasteiger partial charge in [0.2, 0.25) is 11.8 Å². The van der Waals surface area contributed by atoms with Gasteiger partial charge in [0.05, 0.1) is 0 Å². The van der Waals surface area contributed by atoms with Gasteiger partial charge < -0.3 is 9.80 Å². The van der Waals surface area contributed by atoms with Crippen molar-refractivity contribution < 1.29 is 9.59 Å². The van der Waals surface area contributed by atoms with Gasteiger partial charge in [-0.3, -0.25) is 9.59 Å². The standard InChI is InChI=1S/C48H92N4O2/c1-7-11-15-19-23-27-29-33-38-45(39-34-30-28-24-20-16-12-8-2)49-50-47(53)44-46(40-35-31-25-21-17-13-9-3)52(43-37-42-51(5)6)48(54)41-36-32-26-22-18-14-10-4/h23-24,27-28,46H,7-22,25-26,29-44H2,1-6H3,(H,50,53)/b27-23-,28-24-. The maximum atomic E-state index is 13.9. The van der Waals surface area contributed by atoms with E-state index >= 15 is 0 Å². The predicted octanol–water partition coefficient (Wildman–Crippen LogP) is 13.9. The normalized spacial score (nSPS) is 12.3. The van der Waals surface area contributed by atoms with Crippen LogP contribution in [0.4, 0.5) is 0 Å². The van der Waals surface area contributed by atoms with E-state index in [0.717, 1.165) is 82.9 Å². The molecule has 0 radical (unpaired) electrons. The molecule has 0 aliphatic carbocycles. The number of carbonyl (C=O) groups excluding carboxylic acids is 2. The number of rotatable bonds is 40. The van der Waals surface area contributed by atoms with E-state index in [-0.39, 0.29) is 17.9 Å². The summed E-state index contributed by atoms with van der Waals surface area (Å²) in [5, 5.41) is 4.77. The van der Waals surface area contributed by atoms with Crippen LogP contribution < -0.4 is 5.43 Å². The van der Waals surface area contributed by atoms with Crippen molar-refractivity contribution in [2.75, 3.05) is 27.2 Å². The fraction of sp³-hybridized carbons (Fsp3) is 0.854. The second-order valence-electron chi connectivity index (χ2n) is 16.3. The number of unbranched alkanes of at least 4 members (excludes halogenated alkanes) is 20. The third kappa shape index (κ3) is 34.5. The highest BCUT2D eigenvalue weighted by Gasteiger charge is 2.25. The van der Waals surface area contributed by atoms with Crippen LogP contribution in [0.15, 0.2) is 29.4 Å². The monoisotopic (exact) mass is 757 g/mol. The molecule has 0 rings (SSSR count). The molecule has 0 aliphatic rings. The number of hydrazone groups is 1. The summed E-state index contributed by atoms with van der Waals surface area (Å²) in [6, 6.07) is -0.0748. The summed E-state index contributed by atoms with van der Waals surface area (Å²) in [4.78, 5) is 31.8. The Kier molecular flexibility index (Phi) is 39.2. The van der Waals surface area contributed by atoms with Crippen LogP contribution in [0.5, 0.6) is 0 Å². The second kappa shape index (κ2) is 40.7. The molecule has 54 heavy (non-hydrogen) atoms. The Bertz CT molecular complexity index is 900. The minimum absolute atomic E-state index is 0.0478. The molecule has 0 aliphatic heterocycles. The van der Waals surface area contributed by atoms with E-state index < -0.39 is 0 Å². The molecule has 0 aromatic rings. The number of nitrogens with zero attached hydrogens (tertiary/aromatic N) is 3. The minimum atomic E-state index is -0.0748. The number of amides is 2. The van der Waals surface area contributed by atoms with Crippen LogP contribution in [-0.4, -0.2) is 60.6 Å². The molecule has 0 saturated heterocycles. The van der Waals surface area contributed by atoms with E-state index in [1.165, 1.54) is 122 Å². The minimum Gasteiger partial charge on any atom is -0.339 e. The Morgan fingerprint density at radius 2 is 0.963 bits per heavy atom. The number of carbonyl (C=O) groups is 2. The van der Waals surface area contributed by atoms with Crippen LogP contribution in [0.25, 0.3) is 0 Å². The molecule has 0 heterocycles. The van der Waals surface area contributed by atoms with E-state index in [4.69, 9.17) is 5.10 Å². The Hall–Kier alpha value is -1.95. The molecule has 1 atom stereocenters. The van der Waals surface area contributed by atoms with Gasteiger partial charge in [0.25, 0.3) is 0 Å². The molecule has 0 fully saturated rings. The van der Waals surface area contributed by atoms with Crippen LogP contribution >= 0.6 is 0 Å². The van der Waals surface area contributed by atoms with Gasteiger partial charge >= 0.3 is 0 Å². The summed E-state index contributed by atoms with van der Waals surface area (Å²) in [7, 11) is 4.19. The lowest BCUT2D eigenvalue weighted by molar-refractivity contribution is -0.135. The zero-order chi connectivity index (χ0) is 39.7. The van der Waals surface area contributed by atoms with E-state index in [1.54, 1.807) is 0 Å². The van der Waals surface area contributed by atoms with Gasteiger partial charge in [0, 0.05) is 31.1 Å². The van der Waals surface area contributed by atoms with Crippen LogP contribution in [0, 0.1) is 0 Å². The zero-order valence-corrected chi connectivity index (χ0v) is 37.1. The van der Waals surface area contributed by atoms with Gasteiger partial charge in [-0.15, -0.1) is 0 Å². The molecule has 1 N–H and O–H groups in total. The first-order valence-electron chi connectivity index (χ1n) is 23.5. The molecule has 0 aromatic heterocycles. The maximum absolute atomic E-state index is 13.9. The predicted molar refractivity (Wildman–Crippen MR) is 238 cm³/mol. The largest absolute Gasteiger partial charge is 0.339 e. The second-order valence-corrected chi connectivity index (χ2v) is 16.3. The highest BCUT2D eigenvalue weighted by Crippen LogP contribution is 2.19. The average molecular weight is 757 g/mol. The zero-order valence-electron chi connectivity index (χ0n) is 37.1. The van der Waals surface area contributed by atoms with Gasteiger partial charge in [-0.2, -0.15) is 5.10 Å². The molecule has 316 valence electrons. The van der Waals surface area contributed by atoms with Crippen LogP contribution in [-0.2, 0) is 9.59 Å². The molecular weight excluding hydrogens is 665 g/mol. The lowest BCUT2D eigenvalue weighted by atomic mass is 10.00. The highest BCUT2D eigenvalue weighted by molar-refractivity contribution is 5.86. The van der Waals surface area contributed by atoms with Gasteiger partial charge in [0.15, 0.2) is 0 Å². The molecular formula is C48H92N4O2. The van der Waals surface area contributed by atoms with Crippen molar-refractivity contribution in [2.45, 2.75) is 239 Å². The molecule has 2 amide bonds. The molecule has 0 aromatic carbocycles. The Morgan fingerprint density at radius 1 is 0.519 bits per heavy atom. The fourth-order valence-electron chi connectivity index (χ4n) is 7.13. The Labute approximate surface area is 337 Å². The Morgan fingerprint density at radius 3 is 1.46 bits per heavy atom. The van der Waals surface area contributed by atoms with Crippen molar-refractivity contribution in [2.24, 2.45) is 5.10 Å².